The van der Waals surface area contributed by atoms with E-state index in [0.717, 1.165) is 57.1 Å². The van der Waals surface area contributed by atoms with Gasteiger partial charge in [-0.3, -0.25) is 4.90 Å². The van der Waals surface area contributed by atoms with Crippen LogP contribution in [-0.2, 0) is 11.2 Å². The number of benzene rings is 1. The average Bonchev–Trinajstić information content (AvgIpc) is 2.54. The van der Waals surface area contributed by atoms with E-state index in [9.17, 15) is 0 Å². The second-order valence-corrected chi connectivity index (χ2v) is 6.52. The Morgan fingerprint density at radius 1 is 1.19 bits per heavy atom. The second-order valence-electron chi connectivity index (χ2n) is 6.52. The number of hydrogen-bond acceptors (Lipinski definition) is 4. The Labute approximate surface area is 127 Å². The van der Waals surface area contributed by atoms with Crippen LogP contribution in [0.2, 0.25) is 0 Å². The minimum Gasteiger partial charge on any atom is -0.493 e. The van der Waals surface area contributed by atoms with E-state index in [1.165, 1.54) is 5.56 Å². The zero-order valence-electron chi connectivity index (χ0n) is 13.1. The number of fused-ring (bicyclic) bond motifs is 1. The van der Waals surface area contributed by atoms with Crippen molar-refractivity contribution in [3.8, 4) is 5.75 Å². The summed E-state index contributed by atoms with van der Waals surface area (Å²) in [6.07, 6.45) is 2.19. The molecule has 2 N–H and O–H groups in total. The molecule has 1 aromatic carbocycles. The van der Waals surface area contributed by atoms with Crippen LogP contribution in [-0.4, -0.2) is 43.3 Å². The summed E-state index contributed by atoms with van der Waals surface area (Å²) in [5, 5.41) is 0. The van der Waals surface area contributed by atoms with Gasteiger partial charge in [0.15, 0.2) is 0 Å². The van der Waals surface area contributed by atoms with Crippen molar-refractivity contribution in [3.05, 3.63) is 29.3 Å². The summed E-state index contributed by atoms with van der Waals surface area (Å²) >= 11 is 0. The van der Waals surface area contributed by atoms with Crippen molar-refractivity contribution >= 4 is 0 Å². The number of nitrogens with zero attached hydrogens (tertiary/aromatic N) is 1. The fourth-order valence-corrected chi connectivity index (χ4v) is 3.38. The molecule has 1 saturated heterocycles. The molecule has 116 valence electrons. The van der Waals surface area contributed by atoms with Crippen LogP contribution in [0.4, 0.5) is 0 Å². The van der Waals surface area contributed by atoms with E-state index >= 15 is 0 Å². The lowest BCUT2D eigenvalue weighted by Gasteiger charge is -2.45. The molecule has 3 rings (SSSR count). The van der Waals surface area contributed by atoms with Crippen molar-refractivity contribution in [3.63, 3.8) is 0 Å². The zero-order valence-corrected chi connectivity index (χ0v) is 13.1. The number of ether oxygens (including phenoxy) is 2. The molecule has 2 aliphatic rings. The van der Waals surface area contributed by atoms with Gasteiger partial charge in [0, 0.05) is 24.2 Å². The van der Waals surface area contributed by atoms with Gasteiger partial charge >= 0.3 is 0 Å². The minimum absolute atomic E-state index is 0.0661. The molecule has 4 heteroatoms. The van der Waals surface area contributed by atoms with Gasteiger partial charge in [-0.05, 0) is 32.3 Å². The fourth-order valence-electron chi connectivity index (χ4n) is 3.38. The van der Waals surface area contributed by atoms with Crippen LogP contribution in [0.1, 0.15) is 37.4 Å². The van der Waals surface area contributed by atoms with Crippen LogP contribution in [0.25, 0.3) is 0 Å². The van der Waals surface area contributed by atoms with E-state index in [4.69, 9.17) is 15.2 Å². The Hall–Kier alpha value is -1.10. The standard InChI is InChI=1S/C17H26N2O2/c1-17(2,19-8-11-20-12-9-19)16(18)14-7-3-5-13-6-4-10-21-15(13)14/h3,5,7,16H,4,6,8-12,18H2,1-2H3. The van der Waals surface area contributed by atoms with Gasteiger partial charge in [-0.15, -0.1) is 0 Å². The van der Waals surface area contributed by atoms with E-state index in [1.807, 2.05) is 0 Å². The maximum Gasteiger partial charge on any atom is 0.127 e. The first-order chi connectivity index (χ1) is 10.1. The molecular weight excluding hydrogens is 264 g/mol. The second kappa shape index (κ2) is 5.95. The van der Waals surface area contributed by atoms with Gasteiger partial charge in [0.1, 0.15) is 5.75 Å². The van der Waals surface area contributed by atoms with Gasteiger partial charge in [0.05, 0.1) is 25.9 Å². The molecule has 0 bridgehead atoms. The molecule has 1 unspecified atom stereocenters. The maximum absolute atomic E-state index is 6.67. The average molecular weight is 290 g/mol. The van der Waals surface area contributed by atoms with Crippen molar-refractivity contribution < 1.29 is 9.47 Å². The lowest BCUT2D eigenvalue weighted by Crippen LogP contribution is -2.55. The highest BCUT2D eigenvalue weighted by Crippen LogP contribution is 2.38. The summed E-state index contributed by atoms with van der Waals surface area (Å²) in [6, 6.07) is 6.32. The number of morpholine rings is 1. The SMILES string of the molecule is CC(C)(C(N)c1cccc2c1OCCC2)N1CCOCC1. The van der Waals surface area contributed by atoms with E-state index in [1.54, 1.807) is 0 Å². The highest BCUT2D eigenvalue weighted by Gasteiger charge is 2.36. The van der Waals surface area contributed by atoms with Crippen molar-refractivity contribution in [2.24, 2.45) is 5.73 Å². The molecule has 0 aliphatic carbocycles. The summed E-state index contributed by atoms with van der Waals surface area (Å²) < 4.78 is 11.4. The van der Waals surface area contributed by atoms with Crippen LogP contribution in [0.15, 0.2) is 18.2 Å². The predicted molar refractivity (Wildman–Crippen MR) is 83.7 cm³/mol. The molecule has 0 amide bonds. The number of hydrogen-bond donors (Lipinski definition) is 1. The van der Waals surface area contributed by atoms with Gasteiger partial charge in [0.2, 0.25) is 0 Å². The molecule has 4 nitrogen and oxygen atoms in total. The van der Waals surface area contributed by atoms with Gasteiger partial charge in [-0.1, -0.05) is 18.2 Å². The highest BCUT2D eigenvalue weighted by atomic mass is 16.5. The third-order valence-electron chi connectivity index (χ3n) is 4.89. The molecule has 0 spiro atoms. The largest absolute Gasteiger partial charge is 0.493 e. The summed E-state index contributed by atoms with van der Waals surface area (Å²) in [5.41, 5.74) is 8.99. The first kappa shape index (κ1) is 14.8. The fraction of sp³-hybridized carbons (Fsp3) is 0.647. The van der Waals surface area contributed by atoms with Gasteiger partial charge in [-0.25, -0.2) is 0 Å². The molecular formula is C17H26N2O2. The van der Waals surface area contributed by atoms with E-state index in [2.05, 4.69) is 36.9 Å². The van der Waals surface area contributed by atoms with Gasteiger partial charge < -0.3 is 15.2 Å². The minimum atomic E-state index is -0.111. The third kappa shape index (κ3) is 2.80. The molecule has 1 aromatic rings. The van der Waals surface area contributed by atoms with Crippen molar-refractivity contribution in [1.82, 2.24) is 4.90 Å². The van der Waals surface area contributed by atoms with Crippen LogP contribution in [0.3, 0.4) is 0 Å². The molecule has 1 fully saturated rings. The lowest BCUT2D eigenvalue weighted by molar-refractivity contribution is -0.0193. The number of rotatable bonds is 3. The van der Waals surface area contributed by atoms with Crippen LogP contribution < -0.4 is 10.5 Å². The summed E-state index contributed by atoms with van der Waals surface area (Å²) in [4.78, 5) is 2.43. The first-order valence-corrected chi connectivity index (χ1v) is 7.93. The van der Waals surface area contributed by atoms with E-state index in [-0.39, 0.29) is 11.6 Å². The smallest absolute Gasteiger partial charge is 0.127 e. The topological polar surface area (TPSA) is 47.7 Å². The van der Waals surface area contributed by atoms with Crippen LogP contribution in [0, 0.1) is 0 Å². The third-order valence-corrected chi connectivity index (χ3v) is 4.89. The Kier molecular flexibility index (Phi) is 4.20. The summed E-state index contributed by atoms with van der Waals surface area (Å²) in [7, 11) is 0. The van der Waals surface area contributed by atoms with Crippen molar-refractivity contribution in [2.45, 2.75) is 38.3 Å². The molecule has 2 aliphatic heterocycles. The highest BCUT2D eigenvalue weighted by molar-refractivity contribution is 5.45. The van der Waals surface area contributed by atoms with Gasteiger partial charge in [0.25, 0.3) is 0 Å². The number of para-hydroxylation sites is 1. The van der Waals surface area contributed by atoms with Crippen molar-refractivity contribution in [1.29, 1.82) is 0 Å². The predicted octanol–water partition coefficient (Wildman–Crippen LogP) is 2.12. The molecule has 21 heavy (non-hydrogen) atoms. The van der Waals surface area contributed by atoms with Gasteiger partial charge in [-0.2, -0.15) is 0 Å². The Balaban J connectivity index is 1.88. The molecule has 1 atom stereocenters. The Morgan fingerprint density at radius 3 is 2.71 bits per heavy atom. The first-order valence-electron chi connectivity index (χ1n) is 7.93. The number of nitrogens with two attached hydrogens (primary N) is 1. The molecule has 0 radical (unpaired) electrons. The van der Waals surface area contributed by atoms with E-state index in [0.29, 0.717) is 0 Å². The Morgan fingerprint density at radius 2 is 1.95 bits per heavy atom. The summed E-state index contributed by atoms with van der Waals surface area (Å²) in [5.74, 6) is 1.03. The van der Waals surface area contributed by atoms with E-state index < -0.39 is 0 Å². The molecule has 0 aromatic heterocycles. The van der Waals surface area contributed by atoms with Crippen LogP contribution in [0.5, 0.6) is 5.75 Å². The Bertz CT molecular complexity index is 496. The zero-order chi connectivity index (χ0) is 14.9. The van der Waals surface area contributed by atoms with Crippen molar-refractivity contribution in [2.75, 3.05) is 32.9 Å². The molecule has 0 saturated carbocycles. The monoisotopic (exact) mass is 290 g/mol. The molecule has 2 heterocycles. The quantitative estimate of drug-likeness (QED) is 0.926. The number of aryl methyl sites for hydroxylation is 1. The maximum atomic E-state index is 6.67. The lowest BCUT2D eigenvalue weighted by atomic mass is 9.85. The summed E-state index contributed by atoms with van der Waals surface area (Å²) in [6.45, 7) is 8.72. The normalized spacial score (nSPS) is 21.5. The van der Waals surface area contributed by atoms with Crippen LogP contribution >= 0.6 is 0 Å².